The van der Waals surface area contributed by atoms with E-state index in [1.165, 1.54) is 6.26 Å². The van der Waals surface area contributed by atoms with Crippen molar-refractivity contribution in [2.24, 2.45) is 11.3 Å². The Morgan fingerprint density at radius 3 is 2.68 bits per heavy atom. The van der Waals surface area contributed by atoms with Crippen LogP contribution in [0.3, 0.4) is 0 Å². The lowest BCUT2D eigenvalue weighted by molar-refractivity contribution is -0.151. The van der Waals surface area contributed by atoms with Crippen LogP contribution in [0, 0.1) is 11.3 Å². The molecule has 1 amide bonds. The fraction of sp³-hybridized carbons (Fsp3) is 0.571. The zero-order valence-corrected chi connectivity index (χ0v) is 11.0. The molecule has 0 aromatic carbocycles. The summed E-state index contributed by atoms with van der Waals surface area (Å²) in [5.74, 6) is -0.402. The molecule has 0 bridgehead atoms. The van der Waals surface area contributed by atoms with E-state index in [9.17, 15) is 14.7 Å². The van der Waals surface area contributed by atoms with Crippen molar-refractivity contribution in [3.63, 3.8) is 0 Å². The van der Waals surface area contributed by atoms with E-state index in [2.05, 4.69) is 12.2 Å². The Hall–Kier alpha value is -1.78. The first-order chi connectivity index (χ1) is 9.03. The Kier molecular flexibility index (Phi) is 3.93. The van der Waals surface area contributed by atoms with Gasteiger partial charge in [0.15, 0.2) is 5.76 Å². The predicted molar refractivity (Wildman–Crippen MR) is 68.7 cm³/mol. The second kappa shape index (κ2) is 5.47. The SMILES string of the molecule is CC1CCC(CNC(=O)c2ccco2)(C(=O)O)CC1. The summed E-state index contributed by atoms with van der Waals surface area (Å²) in [6, 6.07) is 3.19. The smallest absolute Gasteiger partial charge is 0.311 e. The topological polar surface area (TPSA) is 79.5 Å². The van der Waals surface area contributed by atoms with Gasteiger partial charge < -0.3 is 14.8 Å². The third-order valence-corrected chi connectivity index (χ3v) is 4.02. The third kappa shape index (κ3) is 2.97. The number of carboxylic acid groups (broad SMARTS) is 1. The molecule has 2 rings (SSSR count). The Bertz CT molecular complexity index is 444. The molecule has 0 atom stereocenters. The van der Waals surface area contributed by atoms with Crippen LogP contribution >= 0.6 is 0 Å². The first kappa shape index (κ1) is 13.6. The molecule has 1 aliphatic rings. The van der Waals surface area contributed by atoms with Gasteiger partial charge in [0.2, 0.25) is 0 Å². The van der Waals surface area contributed by atoms with Crippen molar-refractivity contribution in [2.75, 3.05) is 6.54 Å². The maximum Gasteiger partial charge on any atom is 0.311 e. The van der Waals surface area contributed by atoms with Gasteiger partial charge in [0.1, 0.15) is 0 Å². The van der Waals surface area contributed by atoms with E-state index in [1.54, 1.807) is 12.1 Å². The molecule has 2 N–H and O–H groups in total. The fourth-order valence-electron chi connectivity index (χ4n) is 2.53. The van der Waals surface area contributed by atoms with Crippen LogP contribution in [0.4, 0.5) is 0 Å². The minimum atomic E-state index is -0.825. The van der Waals surface area contributed by atoms with E-state index < -0.39 is 11.4 Å². The van der Waals surface area contributed by atoms with E-state index in [0.29, 0.717) is 18.8 Å². The zero-order valence-electron chi connectivity index (χ0n) is 11.0. The minimum absolute atomic E-state index is 0.161. The second-order valence-electron chi connectivity index (χ2n) is 5.43. The van der Waals surface area contributed by atoms with Crippen LogP contribution in [0.15, 0.2) is 22.8 Å². The summed E-state index contributed by atoms with van der Waals surface area (Å²) in [5.41, 5.74) is -0.825. The average molecular weight is 265 g/mol. The Morgan fingerprint density at radius 1 is 1.47 bits per heavy atom. The average Bonchev–Trinajstić information content (AvgIpc) is 2.92. The van der Waals surface area contributed by atoms with Crippen LogP contribution in [0.2, 0.25) is 0 Å². The first-order valence-electron chi connectivity index (χ1n) is 6.59. The van der Waals surface area contributed by atoms with Crippen molar-refractivity contribution in [2.45, 2.75) is 32.6 Å². The van der Waals surface area contributed by atoms with Gasteiger partial charge in [-0.15, -0.1) is 0 Å². The quantitative estimate of drug-likeness (QED) is 0.875. The molecule has 0 unspecified atom stereocenters. The standard InChI is InChI=1S/C14H19NO4/c1-10-4-6-14(7-5-10,13(17)18)9-15-12(16)11-3-2-8-19-11/h2-3,8,10H,4-7,9H2,1H3,(H,15,16)(H,17,18). The van der Waals surface area contributed by atoms with Crippen LogP contribution in [0.5, 0.6) is 0 Å². The molecule has 1 aromatic rings. The molecule has 1 aromatic heterocycles. The summed E-state index contributed by atoms with van der Waals surface area (Å²) in [6.45, 7) is 2.29. The van der Waals surface area contributed by atoms with E-state index in [4.69, 9.17) is 4.42 Å². The minimum Gasteiger partial charge on any atom is -0.481 e. The number of furan rings is 1. The number of hydrogen-bond acceptors (Lipinski definition) is 3. The molecule has 1 heterocycles. The van der Waals surface area contributed by atoms with Crippen molar-refractivity contribution < 1.29 is 19.1 Å². The number of carboxylic acids is 1. The Labute approximate surface area is 112 Å². The number of nitrogens with one attached hydrogen (secondary N) is 1. The number of amides is 1. The van der Waals surface area contributed by atoms with E-state index in [-0.39, 0.29) is 18.2 Å². The molecule has 1 aliphatic carbocycles. The van der Waals surface area contributed by atoms with Crippen LogP contribution in [0.25, 0.3) is 0 Å². The van der Waals surface area contributed by atoms with Crippen LogP contribution in [-0.4, -0.2) is 23.5 Å². The summed E-state index contributed by atoms with van der Waals surface area (Å²) in [7, 11) is 0. The summed E-state index contributed by atoms with van der Waals surface area (Å²) < 4.78 is 4.99. The summed E-state index contributed by atoms with van der Waals surface area (Å²) in [6.07, 6.45) is 4.43. The van der Waals surface area contributed by atoms with Crippen LogP contribution < -0.4 is 5.32 Å². The Morgan fingerprint density at radius 2 is 2.16 bits per heavy atom. The molecule has 5 nitrogen and oxygen atoms in total. The molecule has 1 saturated carbocycles. The molecule has 0 radical (unpaired) electrons. The molecule has 19 heavy (non-hydrogen) atoms. The van der Waals surface area contributed by atoms with Crippen molar-refractivity contribution in [3.05, 3.63) is 24.2 Å². The predicted octanol–water partition coefficient (Wildman–Crippen LogP) is 2.29. The molecular formula is C14H19NO4. The Balaban J connectivity index is 1.98. The van der Waals surface area contributed by atoms with Gasteiger partial charge in [-0.05, 0) is 43.7 Å². The zero-order chi connectivity index (χ0) is 13.9. The van der Waals surface area contributed by atoms with Crippen molar-refractivity contribution in [1.29, 1.82) is 0 Å². The highest BCUT2D eigenvalue weighted by Gasteiger charge is 2.41. The summed E-state index contributed by atoms with van der Waals surface area (Å²) in [4.78, 5) is 23.3. The largest absolute Gasteiger partial charge is 0.481 e. The van der Waals surface area contributed by atoms with E-state index >= 15 is 0 Å². The molecule has 5 heteroatoms. The van der Waals surface area contributed by atoms with Crippen molar-refractivity contribution in [1.82, 2.24) is 5.32 Å². The summed E-state index contributed by atoms with van der Waals surface area (Å²) >= 11 is 0. The van der Waals surface area contributed by atoms with Gasteiger partial charge in [-0.3, -0.25) is 9.59 Å². The highest BCUT2D eigenvalue weighted by Crippen LogP contribution is 2.38. The number of aliphatic carboxylic acids is 1. The monoisotopic (exact) mass is 265 g/mol. The van der Waals surface area contributed by atoms with Gasteiger partial charge in [0.25, 0.3) is 5.91 Å². The molecule has 0 saturated heterocycles. The molecule has 0 spiro atoms. The highest BCUT2D eigenvalue weighted by atomic mass is 16.4. The molecule has 0 aliphatic heterocycles. The maximum absolute atomic E-state index is 11.8. The lowest BCUT2D eigenvalue weighted by Gasteiger charge is -2.35. The molecular weight excluding hydrogens is 246 g/mol. The fourth-order valence-corrected chi connectivity index (χ4v) is 2.53. The second-order valence-corrected chi connectivity index (χ2v) is 5.43. The first-order valence-corrected chi connectivity index (χ1v) is 6.59. The maximum atomic E-state index is 11.8. The van der Waals surface area contributed by atoms with Gasteiger partial charge in [-0.25, -0.2) is 0 Å². The highest BCUT2D eigenvalue weighted by molar-refractivity contribution is 5.91. The number of carbonyl (C=O) groups is 2. The van der Waals surface area contributed by atoms with Gasteiger partial charge >= 0.3 is 5.97 Å². The van der Waals surface area contributed by atoms with E-state index in [1.807, 2.05) is 0 Å². The van der Waals surface area contributed by atoms with Crippen molar-refractivity contribution in [3.8, 4) is 0 Å². The van der Waals surface area contributed by atoms with Crippen LogP contribution in [-0.2, 0) is 4.79 Å². The normalized spacial score (nSPS) is 26.9. The lowest BCUT2D eigenvalue weighted by atomic mass is 9.71. The summed E-state index contributed by atoms with van der Waals surface area (Å²) in [5, 5.41) is 12.1. The lowest BCUT2D eigenvalue weighted by Crippen LogP contribution is -2.45. The number of hydrogen-bond donors (Lipinski definition) is 2. The number of rotatable bonds is 4. The van der Waals surface area contributed by atoms with Gasteiger partial charge in [0, 0.05) is 6.54 Å². The number of carbonyl (C=O) groups excluding carboxylic acids is 1. The van der Waals surface area contributed by atoms with E-state index in [0.717, 1.165) is 12.8 Å². The third-order valence-electron chi connectivity index (χ3n) is 4.02. The van der Waals surface area contributed by atoms with Gasteiger partial charge in [-0.1, -0.05) is 6.92 Å². The van der Waals surface area contributed by atoms with Crippen molar-refractivity contribution >= 4 is 11.9 Å². The molecule has 104 valence electrons. The van der Waals surface area contributed by atoms with Crippen LogP contribution in [0.1, 0.15) is 43.2 Å². The van der Waals surface area contributed by atoms with Gasteiger partial charge in [-0.2, -0.15) is 0 Å². The molecule has 1 fully saturated rings. The van der Waals surface area contributed by atoms with Gasteiger partial charge in [0.05, 0.1) is 11.7 Å².